The van der Waals surface area contributed by atoms with Gasteiger partial charge in [-0.1, -0.05) is 40.5 Å². The zero-order valence-corrected chi connectivity index (χ0v) is 9.51. The van der Waals surface area contributed by atoms with Gasteiger partial charge in [0, 0.05) is 12.6 Å². The highest BCUT2D eigenvalue weighted by Crippen LogP contribution is 2.07. The minimum atomic E-state index is -0.166. The molecule has 0 bridgehead atoms. The molecule has 0 heterocycles. The van der Waals surface area contributed by atoms with Crippen LogP contribution in [0.25, 0.3) is 0 Å². The van der Waals surface area contributed by atoms with E-state index < -0.39 is 0 Å². The Balaban J connectivity index is 3.25. The maximum atomic E-state index is 9.55. The SMILES string of the molecule is CC(C)CCCC(O)CNC(C)C. The van der Waals surface area contributed by atoms with Crippen molar-refractivity contribution < 1.29 is 5.11 Å². The number of rotatable bonds is 7. The molecular formula is C11H25NO. The van der Waals surface area contributed by atoms with Crippen LogP contribution >= 0.6 is 0 Å². The molecule has 2 nitrogen and oxygen atoms in total. The van der Waals surface area contributed by atoms with Crippen LogP contribution in [-0.4, -0.2) is 23.8 Å². The van der Waals surface area contributed by atoms with Crippen LogP contribution in [-0.2, 0) is 0 Å². The molecule has 0 aliphatic rings. The van der Waals surface area contributed by atoms with E-state index in [1.165, 1.54) is 6.42 Å². The minimum absolute atomic E-state index is 0.166. The highest BCUT2D eigenvalue weighted by atomic mass is 16.3. The van der Waals surface area contributed by atoms with E-state index in [9.17, 15) is 5.11 Å². The van der Waals surface area contributed by atoms with Gasteiger partial charge < -0.3 is 10.4 Å². The van der Waals surface area contributed by atoms with E-state index in [-0.39, 0.29) is 6.10 Å². The van der Waals surface area contributed by atoms with Crippen molar-refractivity contribution >= 4 is 0 Å². The maximum Gasteiger partial charge on any atom is 0.0664 e. The predicted octanol–water partition coefficient (Wildman–Crippen LogP) is 2.17. The summed E-state index contributed by atoms with van der Waals surface area (Å²) in [6.45, 7) is 9.37. The molecule has 2 heteroatoms. The van der Waals surface area contributed by atoms with Gasteiger partial charge in [-0.2, -0.15) is 0 Å². The molecule has 1 atom stereocenters. The summed E-state index contributed by atoms with van der Waals surface area (Å²) < 4.78 is 0. The van der Waals surface area contributed by atoms with E-state index in [4.69, 9.17) is 0 Å². The van der Waals surface area contributed by atoms with Gasteiger partial charge in [-0.3, -0.25) is 0 Å². The molecule has 13 heavy (non-hydrogen) atoms. The van der Waals surface area contributed by atoms with Crippen molar-refractivity contribution in [3.8, 4) is 0 Å². The molecule has 0 aromatic carbocycles. The Hall–Kier alpha value is -0.0800. The average Bonchev–Trinajstić information content (AvgIpc) is 2.00. The number of hydrogen-bond donors (Lipinski definition) is 2. The second-order valence-electron chi connectivity index (χ2n) is 4.54. The van der Waals surface area contributed by atoms with Crippen LogP contribution in [0.15, 0.2) is 0 Å². The van der Waals surface area contributed by atoms with Crippen LogP contribution in [0.3, 0.4) is 0 Å². The Labute approximate surface area is 82.7 Å². The maximum absolute atomic E-state index is 9.55. The Kier molecular flexibility index (Phi) is 7.29. The van der Waals surface area contributed by atoms with Crippen LogP contribution < -0.4 is 5.32 Å². The van der Waals surface area contributed by atoms with Gasteiger partial charge in [-0.05, 0) is 12.3 Å². The first-order valence-electron chi connectivity index (χ1n) is 5.43. The summed E-state index contributed by atoms with van der Waals surface area (Å²) >= 11 is 0. The molecule has 0 aliphatic heterocycles. The third kappa shape index (κ3) is 9.84. The molecule has 0 spiro atoms. The van der Waals surface area contributed by atoms with Crippen LogP contribution in [0.1, 0.15) is 47.0 Å². The van der Waals surface area contributed by atoms with Crippen molar-refractivity contribution in [2.75, 3.05) is 6.54 Å². The largest absolute Gasteiger partial charge is 0.392 e. The van der Waals surface area contributed by atoms with Gasteiger partial charge in [0.1, 0.15) is 0 Å². The van der Waals surface area contributed by atoms with Crippen molar-refractivity contribution in [1.82, 2.24) is 5.32 Å². The Morgan fingerprint density at radius 3 is 2.15 bits per heavy atom. The summed E-state index contributed by atoms with van der Waals surface area (Å²) in [5.74, 6) is 0.755. The molecule has 80 valence electrons. The number of hydrogen-bond acceptors (Lipinski definition) is 2. The molecule has 0 fully saturated rings. The summed E-state index contributed by atoms with van der Waals surface area (Å²) in [6.07, 6.45) is 3.12. The van der Waals surface area contributed by atoms with Gasteiger partial charge in [0.05, 0.1) is 6.10 Å². The van der Waals surface area contributed by atoms with Crippen molar-refractivity contribution in [3.05, 3.63) is 0 Å². The van der Waals surface area contributed by atoms with Crippen LogP contribution in [0, 0.1) is 5.92 Å². The summed E-state index contributed by atoms with van der Waals surface area (Å²) in [7, 11) is 0. The van der Waals surface area contributed by atoms with Crippen LogP contribution in [0.4, 0.5) is 0 Å². The van der Waals surface area contributed by atoms with E-state index in [1.807, 2.05) is 0 Å². The van der Waals surface area contributed by atoms with E-state index >= 15 is 0 Å². The smallest absolute Gasteiger partial charge is 0.0664 e. The highest BCUT2D eigenvalue weighted by Gasteiger charge is 2.04. The lowest BCUT2D eigenvalue weighted by Gasteiger charge is -2.14. The zero-order chi connectivity index (χ0) is 10.3. The second kappa shape index (κ2) is 7.34. The molecule has 0 aromatic rings. The lowest BCUT2D eigenvalue weighted by molar-refractivity contribution is 0.154. The first-order chi connectivity index (χ1) is 6.02. The Morgan fingerprint density at radius 2 is 1.69 bits per heavy atom. The molecule has 0 radical (unpaired) electrons. The fourth-order valence-corrected chi connectivity index (χ4v) is 1.24. The lowest BCUT2D eigenvalue weighted by atomic mass is 10.0. The molecule has 0 aliphatic carbocycles. The van der Waals surface area contributed by atoms with E-state index in [2.05, 4.69) is 33.0 Å². The third-order valence-electron chi connectivity index (χ3n) is 2.08. The fraction of sp³-hybridized carbons (Fsp3) is 1.00. The molecule has 0 saturated carbocycles. The minimum Gasteiger partial charge on any atom is -0.392 e. The van der Waals surface area contributed by atoms with Gasteiger partial charge in [0.25, 0.3) is 0 Å². The van der Waals surface area contributed by atoms with Gasteiger partial charge in [0.15, 0.2) is 0 Å². The molecule has 0 saturated heterocycles. The van der Waals surface area contributed by atoms with Crippen LogP contribution in [0.2, 0.25) is 0 Å². The third-order valence-corrected chi connectivity index (χ3v) is 2.08. The molecule has 0 rings (SSSR count). The molecule has 0 amide bonds. The number of aliphatic hydroxyl groups excluding tert-OH is 1. The Morgan fingerprint density at radius 1 is 1.08 bits per heavy atom. The normalized spacial score (nSPS) is 14.1. The summed E-state index contributed by atoms with van der Waals surface area (Å²) in [4.78, 5) is 0. The van der Waals surface area contributed by atoms with E-state index in [0.717, 1.165) is 25.3 Å². The van der Waals surface area contributed by atoms with Crippen LogP contribution in [0.5, 0.6) is 0 Å². The summed E-state index contributed by atoms with van der Waals surface area (Å²) in [5.41, 5.74) is 0. The molecule has 0 aromatic heterocycles. The Bertz CT molecular complexity index is 113. The van der Waals surface area contributed by atoms with Gasteiger partial charge in [-0.15, -0.1) is 0 Å². The van der Waals surface area contributed by atoms with Crippen molar-refractivity contribution in [1.29, 1.82) is 0 Å². The predicted molar refractivity (Wildman–Crippen MR) is 57.8 cm³/mol. The molecule has 2 N–H and O–H groups in total. The zero-order valence-electron chi connectivity index (χ0n) is 9.51. The first kappa shape index (κ1) is 12.9. The fourth-order valence-electron chi connectivity index (χ4n) is 1.24. The first-order valence-corrected chi connectivity index (χ1v) is 5.43. The topological polar surface area (TPSA) is 32.3 Å². The van der Waals surface area contributed by atoms with Gasteiger partial charge in [-0.25, -0.2) is 0 Å². The van der Waals surface area contributed by atoms with E-state index in [0.29, 0.717) is 6.04 Å². The van der Waals surface area contributed by atoms with Gasteiger partial charge >= 0.3 is 0 Å². The second-order valence-corrected chi connectivity index (χ2v) is 4.54. The standard InChI is InChI=1S/C11H25NO/c1-9(2)6-5-7-11(13)8-12-10(3)4/h9-13H,5-8H2,1-4H3. The van der Waals surface area contributed by atoms with Gasteiger partial charge in [0.2, 0.25) is 0 Å². The number of aliphatic hydroxyl groups is 1. The molecular weight excluding hydrogens is 162 g/mol. The summed E-state index contributed by atoms with van der Waals surface area (Å²) in [5, 5.41) is 12.8. The average molecular weight is 187 g/mol. The lowest BCUT2D eigenvalue weighted by Crippen LogP contribution is -2.31. The van der Waals surface area contributed by atoms with Crippen molar-refractivity contribution in [2.45, 2.75) is 59.1 Å². The summed E-state index contributed by atoms with van der Waals surface area (Å²) in [6, 6.07) is 0.472. The van der Waals surface area contributed by atoms with Crippen molar-refractivity contribution in [3.63, 3.8) is 0 Å². The van der Waals surface area contributed by atoms with E-state index in [1.54, 1.807) is 0 Å². The quantitative estimate of drug-likeness (QED) is 0.640. The monoisotopic (exact) mass is 187 g/mol. The highest BCUT2D eigenvalue weighted by molar-refractivity contribution is 4.62. The number of nitrogens with one attached hydrogen (secondary N) is 1. The molecule has 1 unspecified atom stereocenters. The van der Waals surface area contributed by atoms with Crippen molar-refractivity contribution in [2.24, 2.45) is 5.92 Å².